The summed E-state index contributed by atoms with van der Waals surface area (Å²) in [6, 6.07) is 7.84. The Hall–Kier alpha value is -1.97. The molecule has 1 saturated heterocycles. The molecular weight excluding hydrogens is 252 g/mol. The molecular formula is C16H20N2O2. The lowest BCUT2D eigenvalue weighted by Crippen LogP contribution is -2.43. The minimum Gasteiger partial charge on any atom is -0.481 e. The van der Waals surface area contributed by atoms with E-state index >= 15 is 0 Å². The number of amides is 1. The molecule has 1 amide bonds. The number of carbonyl (C=O) groups excluding carboxylic acids is 1. The van der Waals surface area contributed by atoms with Gasteiger partial charge in [-0.2, -0.15) is 0 Å². The van der Waals surface area contributed by atoms with Gasteiger partial charge in [-0.1, -0.05) is 0 Å². The molecule has 0 spiro atoms. The molecule has 0 aliphatic carbocycles. The molecule has 0 bridgehead atoms. The van der Waals surface area contributed by atoms with Crippen molar-refractivity contribution in [3.8, 4) is 5.75 Å². The number of hydrogen-bond donors (Lipinski definition) is 1. The average molecular weight is 272 g/mol. The van der Waals surface area contributed by atoms with Gasteiger partial charge in [0.05, 0.1) is 0 Å². The number of hydrogen-bond acceptors (Lipinski definition) is 2. The van der Waals surface area contributed by atoms with Gasteiger partial charge in [-0.15, -0.1) is 0 Å². The highest BCUT2D eigenvalue weighted by molar-refractivity contribution is 5.82. The molecule has 3 rings (SSSR count). The fraction of sp³-hybridized carbons (Fsp3) is 0.438. The number of likely N-dealkylation sites (tertiary alicyclic amines) is 1. The molecule has 106 valence electrons. The lowest BCUT2D eigenvalue weighted by molar-refractivity contribution is -0.138. The van der Waals surface area contributed by atoms with Crippen LogP contribution in [-0.4, -0.2) is 35.0 Å². The van der Waals surface area contributed by atoms with E-state index in [1.54, 1.807) is 0 Å². The highest BCUT2D eigenvalue weighted by Gasteiger charge is 2.23. The van der Waals surface area contributed by atoms with Crippen molar-refractivity contribution in [2.45, 2.75) is 32.3 Å². The number of piperidine rings is 1. The Balaban J connectivity index is 1.67. The maximum Gasteiger partial charge on any atom is 0.263 e. The molecule has 2 heterocycles. The summed E-state index contributed by atoms with van der Waals surface area (Å²) < 4.78 is 5.80. The van der Waals surface area contributed by atoms with Crippen LogP contribution in [0.25, 0.3) is 10.9 Å². The Morgan fingerprint density at radius 3 is 2.85 bits per heavy atom. The number of carbonyl (C=O) groups is 1. The largest absolute Gasteiger partial charge is 0.481 e. The van der Waals surface area contributed by atoms with Gasteiger partial charge in [0.2, 0.25) is 0 Å². The highest BCUT2D eigenvalue weighted by atomic mass is 16.5. The first-order valence-electron chi connectivity index (χ1n) is 7.26. The van der Waals surface area contributed by atoms with Gasteiger partial charge >= 0.3 is 0 Å². The zero-order valence-corrected chi connectivity index (χ0v) is 11.8. The van der Waals surface area contributed by atoms with Crippen molar-refractivity contribution in [1.82, 2.24) is 9.88 Å². The van der Waals surface area contributed by atoms with Crippen LogP contribution in [0.2, 0.25) is 0 Å². The van der Waals surface area contributed by atoms with Gasteiger partial charge in [0.1, 0.15) is 5.75 Å². The first-order valence-corrected chi connectivity index (χ1v) is 7.26. The summed E-state index contributed by atoms with van der Waals surface area (Å²) in [5.74, 6) is 0.842. The van der Waals surface area contributed by atoms with E-state index < -0.39 is 6.10 Å². The van der Waals surface area contributed by atoms with Crippen molar-refractivity contribution in [1.29, 1.82) is 0 Å². The molecule has 1 aromatic carbocycles. The van der Waals surface area contributed by atoms with Crippen LogP contribution < -0.4 is 4.74 Å². The van der Waals surface area contributed by atoms with Crippen LogP contribution in [0.3, 0.4) is 0 Å². The van der Waals surface area contributed by atoms with E-state index in [-0.39, 0.29) is 5.91 Å². The maximum atomic E-state index is 12.3. The fourth-order valence-electron chi connectivity index (χ4n) is 2.73. The average Bonchev–Trinajstić information content (AvgIpc) is 2.95. The van der Waals surface area contributed by atoms with Gasteiger partial charge in [0.15, 0.2) is 6.10 Å². The van der Waals surface area contributed by atoms with Crippen LogP contribution in [0.5, 0.6) is 5.75 Å². The van der Waals surface area contributed by atoms with Crippen LogP contribution in [0, 0.1) is 0 Å². The van der Waals surface area contributed by atoms with Gasteiger partial charge < -0.3 is 14.6 Å². The molecule has 0 radical (unpaired) electrons. The van der Waals surface area contributed by atoms with Crippen molar-refractivity contribution in [2.75, 3.05) is 13.1 Å². The Kier molecular flexibility index (Phi) is 3.63. The minimum atomic E-state index is -0.426. The van der Waals surface area contributed by atoms with Crippen LogP contribution in [0.1, 0.15) is 26.2 Å². The Morgan fingerprint density at radius 1 is 1.25 bits per heavy atom. The highest BCUT2D eigenvalue weighted by Crippen LogP contribution is 2.21. The van der Waals surface area contributed by atoms with Crippen molar-refractivity contribution in [2.24, 2.45) is 0 Å². The zero-order valence-electron chi connectivity index (χ0n) is 11.8. The number of aromatic amines is 1. The van der Waals surface area contributed by atoms with E-state index in [4.69, 9.17) is 4.74 Å². The van der Waals surface area contributed by atoms with Gasteiger partial charge in [0, 0.05) is 30.2 Å². The summed E-state index contributed by atoms with van der Waals surface area (Å²) >= 11 is 0. The smallest absolute Gasteiger partial charge is 0.263 e. The van der Waals surface area contributed by atoms with Crippen molar-refractivity contribution in [3.05, 3.63) is 30.5 Å². The molecule has 20 heavy (non-hydrogen) atoms. The third kappa shape index (κ3) is 2.64. The molecule has 4 nitrogen and oxygen atoms in total. The first-order chi connectivity index (χ1) is 9.74. The van der Waals surface area contributed by atoms with E-state index in [9.17, 15) is 4.79 Å². The number of nitrogens with one attached hydrogen (secondary N) is 1. The Bertz CT molecular complexity index is 599. The molecule has 2 aromatic rings. The molecule has 1 aliphatic heterocycles. The second kappa shape index (κ2) is 5.57. The minimum absolute atomic E-state index is 0.0962. The Labute approximate surface area is 118 Å². The van der Waals surface area contributed by atoms with Crippen molar-refractivity contribution < 1.29 is 9.53 Å². The van der Waals surface area contributed by atoms with Crippen LogP contribution in [-0.2, 0) is 4.79 Å². The molecule has 1 N–H and O–H groups in total. The van der Waals surface area contributed by atoms with E-state index in [0.29, 0.717) is 0 Å². The molecule has 1 atom stereocenters. The van der Waals surface area contributed by atoms with E-state index in [1.807, 2.05) is 42.3 Å². The van der Waals surface area contributed by atoms with Gasteiger partial charge in [-0.25, -0.2) is 0 Å². The second-order valence-electron chi connectivity index (χ2n) is 5.37. The number of H-pyrrole nitrogens is 1. The first kappa shape index (κ1) is 13.0. The molecule has 0 saturated carbocycles. The van der Waals surface area contributed by atoms with Crippen LogP contribution in [0.15, 0.2) is 30.5 Å². The topological polar surface area (TPSA) is 45.3 Å². The molecule has 1 unspecified atom stereocenters. The maximum absolute atomic E-state index is 12.3. The molecule has 4 heteroatoms. The lowest BCUT2D eigenvalue weighted by atomic mass is 10.1. The fourth-order valence-corrected chi connectivity index (χ4v) is 2.73. The summed E-state index contributed by atoms with van der Waals surface area (Å²) in [6.45, 7) is 3.56. The third-order valence-corrected chi connectivity index (χ3v) is 3.85. The Morgan fingerprint density at radius 2 is 2.05 bits per heavy atom. The predicted octanol–water partition coefficient (Wildman–Crippen LogP) is 2.95. The van der Waals surface area contributed by atoms with Gasteiger partial charge in [0.25, 0.3) is 5.91 Å². The normalized spacial score (nSPS) is 17.1. The van der Waals surface area contributed by atoms with Crippen molar-refractivity contribution >= 4 is 16.8 Å². The van der Waals surface area contributed by atoms with Gasteiger partial charge in [-0.05, 0) is 50.5 Å². The summed E-state index contributed by atoms with van der Waals surface area (Å²) in [5.41, 5.74) is 1.08. The standard InChI is InChI=1S/C16H20N2O2/c1-12(16(19)18-9-3-2-4-10-18)20-14-5-6-15-13(11-14)7-8-17-15/h5-8,11-12,17H,2-4,9-10H2,1H3. The SMILES string of the molecule is CC(Oc1ccc2[nH]ccc2c1)C(=O)N1CCCCC1. The summed E-state index contributed by atoms with van der Waals surface area (Å²) in [4.78, 5) is 17.4. The van der Waals surface area contributed by atoms with Crippen LogP contribution in [0.4, 0.5) is 0 Å². The lowest BCUT2D eigenvalue weighted by Gasteiger charge is -2.29. The number of rotatable bonds is 3. The second-order valence-corrected chi connectivity index (χ2v) is 5.37. The molecule has 1 aliphatic rings. The number of nitrogens with zero attached hydrogens (tertiary/aromatic N) is 1. The predicted molar refractivity (Wildman–Crippen MR) is 78.8 cm³/mol. The monoisotopic (exact) mass is 272 g/mol. The van der Waals surface area contributed by atoms with Crippen LogP contribution >= 0.6 is 0 Å². The number of fused-ring (bicyclic) bond motifs is 1. The summed E-state index contributed by atoms with van der Waals surface area (Å²) in [5, 5.41) is 1.10. The zero-order chi connectivity index (χ0) is 13.9. The van der Waals surface area contributed by atoms with E-state index in [2.05, 4.69) is 4.98 Å². The van der Waals surface area contributed by atoms with Crippen molar-refractivity contribution in [3.63, 3.8) is 0 Å². The molecule has 1 aromatic heterocycles. The summed E-state index contributed by atoms with van der Waals surface area (Å²) in [6.07, 6.45) is 4.91. The number of ether oxygens (including phenoxy) is 1. The van der Waals surface area contributed by atoms with Gasteiger partial charge in [-0.3, -0.25) is 4.79 Å². The number of benzene rings is 1. The van der Waals surface area contributed by atoms with E-state index in [1.165, 1.54) is 6.42 Å². The molecule has 1 fully saturated rings. The van der Waals surface area contributed by atoms with E-state index in [0.717, 1.165) is 42.6 Å². The quantitative estimate of drug-likeness (QED) is 0.933. The third-order valence-electron chi connectivity index (χ3n) is 3.85. The summed E-state index contributed by atoms with van der Waals surface area (Å²) in [7, 11) is 0. The number of aromatic nitrogens is 1.